The van der Waals surface area contributed by atoms with Gasteiger partial charge in [0, 0.05) is 13.1 Å². The lowest BCUT2D eigenvalue weighted by Gasteiger charge is -2.12. The van der Waals surface area contributed by atoms with Crippen LogP contribution in [0.3, 0.4) is 0 Å². The zero-order valence-corrected chi connectivity index (χ0v) is 17.1. The molecule has 25 heavy (non-hydrogen) atoms. The zero-order chi connectivity index (χ0) is 17.4. The van der Waals surface area contributed by atoms with E-state index in [0.29, 0.717) is 18.7 Å². The van der Waals surface area contributed by atoms with Gasteiger partial charge < -0.3 is 15.4 Å². The van der Waals surface area contributed by atoms with Crippen LogP contribution in [0.15, 0.2) is 47.5 Å². The van der Waals surface area contributed by atoms with Crippen molar-refractivity contribution in [2.45, 2.75) is 26.9 Å². The predicted molar refractivity (Wildman–Crippen MR) is 111 cm³/mol. The molecule has 6 heteroatoms. The first-order chi connectivity index (χ1) is 11.6. The molecular weight excluding hydrogens is 432 g/mol. The van der Waals surface area contributed by atoms with Gasteiger partial charge in [0.2, 0.25) is 0 Å². The van der Waals surface area contributed by atoms with Crippen LogP contribution in [0.2, 0.25) is 0 Å². The largest absolute Gasteiger partial charge is 0.497 e. The van der Waals surface area contributed by atoms with E-state index in [2.05, 4.69) is 15.6 Å². The molecule has 0 bridgehead atoms. The summed E-state index contributed by atoms with van der Waals surface area (Å²) < 4.78 is 18.5. The number of nitrogens with zero attached hydrogens (tertiary/aromatic N) is 1. The molecule has 4 nitrogen and oxygen atoms in total. The Balaban J connectivity index is 0.00000312. The molecule has 0 aromatic heterocycles. The number of aliphatic imine (C=N–C) groups is 1. The molecule has 0 saturated heterocycles. The highest BCUT2D eigenvalue weighted by atomic mass is 127. The molecule has 0 unspecified atom stereocenters. The van der Waals surface area contributed by atoms with Crippen LogP contribution in [-0.4, -0.2) is 19.6 Å². The van der Waals surface area contributed by atoms with E-state index in [1.807, 2.05) is 37.3 Å². The fraction of sp³-hybridized carbons (Fsp3) is 0.316. The second-order valence-corrected chi connectivity index (χ2v) is 5.48. The molecular formula is C19H25FIN3O. The highest BCUT2D eigenvalue weighted by Gasteiger charge is 2.01. The Hall–Kier alpha value is -1.83. The first-order valence-electron chi connectivity index (χ1n) is 8.02. The number of ether oxygens (including phenoxy) is 1. The molecule has 0 aliphatic rings. The average molecular weight is 457 g/mol. The molecule has 2 rings (SSSR count). The summed E-state index contributed by atoms with van der Waals surface area (Å²) in [5, 5.41) is 6.51. The van der Waals surface area contributed by atoms with Crippen LogP contribution in [0.4, 0.5) is 4.39 Å². The predicted octanol–water partition coefficient (Wildman–Crippen LogP) is 4.02. The van der Waals surface area contributed by atoms with Crippen molar-refractivity contribution in [3.63, 3.8) is 0 Å². The maximum atomic E-state index is 13.3. The minimum absolute atomic E-state index is 0. The van der Waals surface area contributed by atoms with Crippen molar-refractivity contribution in [1.29, 1.82) is 0 Å². The third kappa shape index (κ3) is 6.89. The van der Waals surface area contributed by atoms with Crippen LogP contribution in [0, 0.1) is 12.7 Å². The van der Waals surface area contributed by atoms with Gasteiger partial charge >= 0.3 is 0 Å². The van der Waals surface area contributed by atoms with E-state index in [-0.39, 0.29) is 29.8 Å². The minimum Gasteiger partial charge on any atom is -0.497 e. The Kier molecular flexibility index (Phi) is 9.26. The summed E-state index contributed by atoms with van der Waals surface area (Å²) in [6.07, 6.45) is 0. The van der Waals surface area contributed by atoms with Crippen molar-refractivity contribution in [2.24, 2.45) is 4.99 Å². The van der Waals surface area contributed by atoms with Crippen LogP contribution in [0.1, 0.15) is 23.6 Å². The SMILES string of the molecule is CCNC(=NCc1ccc(F)c(C)c1)NCc1ccc(OC)cc1.I. The van der Waals surface area contributed by atoms with Crippen molar-refractivity contribution in [3.8, 4) is 5.75 Å². The quantitative estimate of drug-likeness (QED) is 0.392. The molecule has 0 radical (unpaired) electrons. The highest BCUT2D eigenvalue weighted by Crippen LogP contribution is 2.11. The molecule has 0 amide bonds. The fourth-order valence-electron chi connectivity index (χ4n) is 2.25. The summed E-state index contributed by atoms with van der Waals surface area (Å²) in [5.41, 5.74) is 2.76. The van der Waals surface area contributed by atoms with Gasteiger partial charge in [0.25, 0.3) is 0 Å². The standard InChI is InChI=1S/C19H24FN3O.HI/c1-4-21-19(22-12-15-5-8-17(24-3)9-6-15)23-13-16-7-10-18(20)14(2)11-16;/h5-11H,4,12-13H2,1-3H3,(H2,21,22,23);1H. The van der Waals surface area contributed by atoms with Gasteiger partial charge in [-0.3, -0.25) is 0 Å². The Morgan fingerprint density at radius 3 is 2.36 bits per heavy atom. The molecule has 0 aliphatic heterocycles. The molecule has 0 heterocycles. The number of hydrogen-bond donors (Lipinski definition) is 2. The highest BCUT2D eigenvalue weighted by molar-refractivity contribution is 14.0. The number of rotatable bonds is 6. The Morgan fingerprint density at radius 1 is 1.08 bits per heavy atom. The minimum atomic E-state index is -0.188. The van der Waals surface area contributed by atoms with Gasteiger partial charge in [-0.25, -0.2) is 9.38 Å². The normalized spacial score (nSPS) is 10.8. The van der Waals surface area contributed by atoms with Crippen LogP contribution >= 0.6 is 24.0 Å². The average Bonchev–Trinajstić information content (AvgIpc) is 2.60. The van der Waals surface area contributed by atoms with Crippen molar-refractivity contribution in [2.75, 3.05) is 13.7 Å². The lowest BCUT2D eigenvalue weighted by atomic mass is 10.1. The molecule has 2 aromatic rings. The summed E-state index contributed by atoms with van der Waals surface area (Å²) >= 11 is 0. The number of hydrogen-bond acceptors (Lipinski definition) is 2. The van der Waals surface area contributed by atoms with E-state index in [1.165, 1.54) is 6.07 Å². The van der Waals surface area contributed by atoms with Crippen LogP contribution in [-0.2, 0) is 13.1 Å². The number of aryl methyl sites for hydroxylation is 1. The number of halogens is 2. The summed E-state index contributed by atoms with van der Waals surface area (Å²) in [7, 11) is 1.65. The van der Waals surface area contributed by atoms with Crippen LogP contribution < -0.4 is 15.4 Å². The van der Waals surface area contributed by atoms with Crippen molar-refractivity contribution < 1.29 is 9.13 Å². The first kappa shape index (κ1) is 21.2. The van der Waals surface area contributed by atoms with E-state index in [9.17, 15) is 4.39 Å². The zero-order valence-electron chi connectivity index (χ0n) is 14.8. The molecule has 136 valence electrons. The number of guanidine groups is 1. The summed E-state index contributed by atoms with van der Waals surface area (Å²) in [5.74, 6) is 1.38. The van der Waals surface area contributed by atoms with Gasteiger partial charge in [-0.1, -0.05) is 24.3 Å². The maximum absolute atomic E-state index is 13.3. The molecule has 0 saturated carbocycles. The molecule has 2 aromatic carbocycles. The van der Waals surface area contributed by atoms with Gasteiger partial charge in [0.15, 0.2) is 5.96 Å². The van der Waals surface area contributed by atoms with Crippen molar-refractivity contribution in [3.05, 3.63) is 65.0 Å². The van der Waals surface area contributed by atoms with Crippen LogP contribution in [0.25, 0.3) is 0 Å². The first-order valence-corrected chi connectivity index (χ1v) is 8.02. The second-order valence-electron chi connectivity index (χ2n) is 5.48. The second kappa shape index (κ2) is 10.9. The number of nitrogens with one attached hydrogen (secondary N) is 2. The van der Waals surface area contributed by atoms with Gasteiger partial charge in [-0.15, -0.1) is 24.0 Å². The van der Waals surface area contributed by atoms with Gasteiger partial charge in [0.05, 0.1) is 13.7 Å². The van der Waals surface area contributed by atoms with Crippen LogP contribution in [0.5, 0.6) is 5.75 Å². The monoisotopic (exact) mass is 457 g/mol. The van der Waals surface area contributed by atoms with E-state index < -0.39 is 0 Å². The van der Waals surface area contributed by atoms with E-state index in [0.717, 1.165) is 29.4 Å². The number of methoxy groups -OCH3 is 1. The summed E-state index contributed by atoms with van der Waals surface area (Å²) in [4.78, 5) is 4.55. The molecule has 0 fully saturated rings. The molecule has 0 atom stereocenters. The molecule has 0 spiro atoms. The van der Waals surface area contributed by atoms with E-state index in [4.69, 9.17) is 4.74 Å². The third-order valence-corrected chi connectivity index (χ3v) is 3.61. The summed E-state index contributed by atoms with van der Waals surface area (Å²) in [6.45, 7) is 5.72. The lowest BCUT2D eigenvalue weighted by molar-refractivity contribution is 0.414. The fourth-order valence-corrected chi connectivity index (χ4v) is 2.25. The maximum Gasteiger partial charge on any atom is 0.191 e. The Bertz CT molecular complexity index is 690. The van der Waals surface area contributed by atoms with Gasteiger partial charge in [-0.05, 0) is 48.7 Å². The summed E-state index contributed by atoms with van der Waals surface area (Å²) in [6, 6.07) is 13.0. The smallest absolute Gasteiger partial charge is 0.191 e. The Labute approximate surface area is 165 Å². The number of benzene rings is 2. The molecule has 0 aliphatic carbocycles. The van der Waals surface area contributed by atoms with Gasteiger partial charge in [0.1, 0.15) is 11.6 Å². The molecule has 2 N–H and O–H groups in total. The van der Waals surface area contributed by atoms with Gasteiger partial charge in [-0.2, -0.15) is 0 Å². The van der Waals surface area contributed by atoms with Crippen molar-refractivity contribution >= 4 is 29.9 Å². The van der Waals surface area contributed by atoms with E-state index in [1.54, 1.807) is 20.1 Å². The lowest BCUT2D eigenvalue weighted by Crippen LogP contribution is -2.36. The topological polar surface area (TPSA) is 45.7 Å². The Morgan fingerprint density at radius 2 is 1.76 bits per heavy atom. The van der Waals surface area contributed by atoms with E-state index >= 15 is 0 Å². The third-order valence-electron chi connectivity index (χ3n) is 3.61. The van der Waals surface area contributed by atoms with Crippen molar-refractivity contribution in [1.82, 2.24) is 10.6 Å².